The molecule has 0 aromatic heterocycles. The van der Waals surface area contributed by atoms with Gasteiger partial charge in [-0.25, -0.2) is 9.18 Å². The molecule has 1 heterocycles. The van der Waals surface area contributed by atoms with Gasteiger partial charge in [0.05, 0.1) is 5.56 Å². The highest BCUT2D eigenvalue weighted by atomic mass is 19.1. The molecule has 0 bridgehead atoms. The van der Waals surface area contributed by atoms with Crippen molar-refractivity contribution >= 4 is 23.8 Å². The first kappa shape index (κ1) is 28.4. The van der Waals surface area contributed by atoms with E-state index < -0.39 is 29.8 Å². The Morgan fingerprint density at radius 2 is 1.71 bits per heavy atom. The fourth-order valence-electron chi connectivity index (χ4n) is 3.97. The second kappa shape index (κ2) is 13.4. The second-order valence-electron chi connectivity index (χ2n) is 9.35. The van der Waals surface area contributed by atoms with Crippen LogP contribution in [0.15, 0.2) is 48.5 Å². The number of benzene rings is 2. The van der Waals surface area contributed by atoms with E-state index in [2.05, 4.69) is 16.2 Å². The van der Waals surface area contributed by atoms with Crippen LogP contribution < -0.4 is 20.9 Å². The van der Waals surface area contributed by atoms with Gasteiger partial charge in [-0.2, -0.15) is 0 Å². The first-order valence-electron chi connectivity index (χ1n) is 12.4. The normalized spacial score (nSPS) is 14.4. The molecule has 4 amide bonds. The molecule has 0 unspecified atom stereocenters. The molecule has 1 atom stereocenters. The van der Waals surface area contributed by atoms with Crippen LogP contribution in [0.3, 0.4) is 0 Å². The third-order valence-corrected chi connectivity index (χ3v) is 6.00. The number of amides is 4. The maximum atomic E-state index is 13.8. The number of carbonyl (C=O) groups is 4. The van der Waals surface area contributed by atoms with Gasteiger partial charge in [-0.15, -0.1) is 0 Å². The van der Waals surface area contributed by atoms with Gasteiger partial charge in [-0.05, 0) is 29.7 Å². The highest BCUT2D eigenvalue weighted by Crippen LogP contribution is 2.25. The summed E-state index contributed by atoms with van der Waals surface area (Å²) in [5, 5.41) is 2.69. The van der Waals surface area contributed by atoms with Gasteiger partial charge >= 0.3 is 6.09 Å². The van der Waals surface area contributed by atoms with Crippen molar-refractivity contribution in [2.24, 2.45) is 5.92 Å². The smallest absolute Gasteiger partial charge is 0.408 e. The Morgan fingerprint density at radius 1 is 1.03 bits per heavy atom. The number of hydrazine groups is 1. The van der Waals surface area contributed by atoms with Gasteiger partial charge in [-0.3, -0.25) is 25.2 Å². The number of hydrogen-bond donors (Lipinski definition) is 3. The summed E-state index contributed by atoms with van der Waals surface area (Å²) in [4.78, 5) is 50.7. The molecule has 1 aliphatic heterocycles. The van der Waals surface area contributed by atoms with E-state index in [1.165, 1.54) is 19.1 Å². The van der Waals surface area contributed by atoms with Crippen molar-refractivity contribution in [2.45, 2.75) is 52.4 Å². The Labute approximate surface area is 220 Å². The van der Waals surface area contributed by atoms with Gasteiger partial charge in [0, 0.05) is 32.9 Å². The monoisotopic (exact) mass is 528 g/mol. The summed E-state index contributed by atoms with van der Waals surface area (Å²) >= 11 is 0. The zero-order valence-corrected chi connectivity index (χ0v) is 21.7. The predicted molar refractivity (Wildman–Crippen MR) is 136 cm³/mol. The van der Waals surface area contributed by atoms with Crippen molar-refractivity contribution in [3.05, 3.63) is 65.5 Å². The van der Waals surface area contributed by atoms with Crippen LogP contribution in [0.4, 0.5) is 9.18 Å². The number of hydrogen-bond acceptors (Lipinski definition) is 6. The molecule has 3 rings (SSSR count). The van der Waals surface area contributed by atoms with E-state index in [0.717, 1.165) is 11.6 Å². The van der Waals surface area contributed by atoms with E-state index in [9.17, 15) is 23.6 Å². The number of likely N-dealkylation sites (tertiary alicyclic amines) is 1. The van der Waals surface area contributed by atoms with Crippen molar-refractivity contribution in [1.82, 2.24) is 21.1 Å². The fraction of sp³-hybridized carbons (Fsp3) is 0.407. The number of alkyl carbamates (subject to hydrolysis) is 1. The minimum atomic E-state index is -0.753. The summed E-state index contributed by atoms with van der Waals surface area (Å²) in [6.07, 6.45) is -0.0446. The van der Waals surface area contributed by atoms with Crippen molar-refractivity contribution < 1.29 is 33.0 Å². The van der Waals surface area contributed by atoms with Gasteiger partial charge < -0.3 is 19.7 Å². The van der Waals surface area contributed by atoms with E-state index in [1.807, 2.05) is 44.2 Å². The van der Waals surface area contributed by atoms with Gasteiger partial charge in [-0.1, -0.05) is 44.2 Å². The third-order valence-electron chi connectivity index (χ3n) is 6.00. The van der Waals surface area contributed by atoms with Crippen molar-refractivity contribution in [3.8, 4) is 5.75 Å². The molecule has 1 fully saturated rings. The van der Waals surface area contributed by atoms with E-state index in [-0.39, 0.29) is 35.8 Å². The van der Waals surface area contributed by atoms with E-state index in [1.54, 1.807) is 4.90 Å². The zero-order valence-electron chi connectivity index (χ0n) is 21.7. The molecule has 38 heavy (non-hydrogen) atoms. The van der Waals surface area contributed by atoms with Crippen molar-refractivity contribution in [1.29, 1.82) is 0 Å². The Kier molecular flexibility index (Phi) is 10.0. The number of halogens is 1. The number of ether oxygens (including phenoxy) is 2. The molecule has 204 valence electrons. The summed E-state index contributed by atoms with van der Waals surface area (Å²) in [6, 6.07) is 12.1. The first-order chi connectivity index (χ1) is 18.1. The Hall–Kier alpha value is -4.15. The molecule has 2 aromatic rings. The van der Waals surface area contributed by atoms with Crippen LogP contribution in [-0.2, 0) is 20.9 Å². The van der Waals surface area contributed by atoms with Crippen LogP contribution in [-0.4, -0.2) is 54.0 Å². The second-order valence-corrected chi connectivity index (χ2v) is 9.35. The number of rotatable bonds is 8. The average Bonchev–Trinajstić information content (AvgIpc) is 2.90. The lowest BCUT2D eigenvalue weighted by molar-refractivity contribution is -0.136. The fourth-order valence-corrected chi connectivity index (χ4v) is 3.97. The van der Waals surface area contributed by atoms with Crippen molar-refractivity contribution in [2.75, 3.05) is 13.1 Å². The van der Waals surface area contributed by atoms with E-state index >= 15 is 0 Å². The molecule has 0 saturated carbocycles. The quantitative estimate of drug-likeness (QED) is 0.453. The SMILES string of the molecule is CC(=O)NNC(=O)c1cc(F)ccc1OC1CCN(C(=O)[C@@H](NC(=O)OCc2ccccc2)C(C)C)CC1. The van der Waals surface area contributed by atoms with Crippen LogP contribution in [0.1, 0.15) is 49.5 Å². The highest BCUT2D eigenvalue weighted by Gasteiger charge is 2.32. The number of nitrogens with zero attached hydrogens (tertiary/aromatic N) is 1. The lowest BCUT2D eigenvalue weighted by atomic mass is 10.0. The molecule has 1 aliphatic rings. The topological polar surface area (TPSA) is 126 Å². The molecular formula is C27H33FN4O6. The summed E-state index contributed by atoms with van der Waals surface area (Å²) in [6.45, 7) is 5.77. The predicted octanol–water partition coefficient (Wildman–Crippen LogP) is 2.93. The van der Waals surface area contributed by atoms with Gasteiger partial charge in [0.25, 0.3) is 5.91 Å². The largest absolute Gasteiger partial charge is 0.489 e. The molecule has 0 radical (unpaired) electrons. The molecule has 2 aromatic carbocycles. The van der Waals surface area contributed by atoms with Gasteiger partial charge in [0.1, 0.15) is 30.3 Å². The van der Waals surface area contributed by atoms with Crippen LogP contribution >= 0.6 is 0 Å². The van der Waals surface area contributed by atoms with Crippen LogP contribution in [0.5, 0.6) is 5.75 Å². The summed E-state index contributed by atoms with van der Waals surface area (Å²) in [7, 11) is 0. The Morgan fingerprint density at radius 3 is 2.34 bits per heavy atom. The molecule has 0 spiro atoms. The molecule has 10 nitrogen and oxygen atoms in total. The molecule has 11 heteroatoms. The minimum Gasteiger partial charge on any atom is -0.489 e. The number of nitrogens with one attached hydrogen (secondary N) is 3. The third kappa shape index (κ3) is 8.19. The summed E-state index contributed by atoms with van der Waals surface area (Å²) in [5.41, 5.74) is 5.14. The lowest BCUT2D eigenvalue weighted by Gasteiger charge is -2.35. The van der Waals surface area contributed by atoms with Gasteiger partial charge in [0.2, 0.25) is 11.8 Å². The maximum absolute atomic E-state index is 13.8. The molecule has 1 saturated heterocycles. The van der Waals surface area contributed by atoms with Crippen LogP contribution in [0.2, 0.25) is 0 Å². The maximum Gasteiger partial charge on any atom is 0.408 e. The van der Waals surface area contributed by atoms with Gasteiger partial charge in [0.15, 0.2) is 0 Å². The Bertz CT molecular complexity index is 1140. The molecule has 3 N–H and O–H groups in total. The molecular weight excluding hydrogens is 495 g/mol. The number of piperidine rings is 1. The average molecular weight is 529 g/mol. The zero-order chi connectivity index (χ0) is 27.7. The van der Waals surface area contributed by atoms with E-state index in [4.69, 9.17) is 9.47 Å². The first-order valence-corrected chi connectivity index (χ1v) is 12.4. The summed E-state index contributed by atoms with van der Waals surface area (Å²) in [5.74, 6) is -2.03. The minimum absolute atomic E-state index is 0.0599. The standard InChI is InChI=1S/C27H33FN4O6/c1-17(2)24(29-27(36)37-16-19-7-5-4-6-8-19)26(35)32-13-11-21(12-14-32)38-23-10-9-20(28)15-22(23)25(34)31-30-18(3)33/h4-10,15,17,21,24H,11-14,16H2,1-3H3,(H,29,36)(H,30,33)(H,31,34)/t24-/m0/s1. The number of carbonyl (C=O) groups excluding carboxylic acids is 4. The lowest BCUT2D eigenvalue weighted by Crippen LogP contribution is -2.53. The van der Waals surface area contributed by atoms with Crippen LogP contribution in [0, 0.1) is 11.7 Å². The summed E-state index contributed by atoms with van der Waals surface area (Å²) < 4.78 is 25.0. The van der Waals surface area contributed by atoms with Crippen LogP contribution in [0.25, 0.3) is 0 Å². The Balaban J connectivity index is 1.55. The molecule has 0 aliphatic carbocycles. The highest BCUT2D eigenvalue weighted by molar-refractivity contribution is 5.97. The van der Waals surface area contributed by atoms with Crippen molar-refractivity contribution in [3.63, 3.8) is 0 Å². The van der Waals surface area contributed by atoms with E-state index in [0.29, 0.717) is 25.9 Å².